The fraction of sp³-hybridized carbons (Fsp3) is 0.600. The molecule has 1 aliphatic carbocycles. The lowest BCUT2D eigenvalue weighted by Gasteiger charge is -2.26. The molecule has 0 amide bonds. The van der Waals surface area contributed by atoms with Crippen LogP contribution in [0.2, 0.25) is 0 Å². The lowest BCUT2D eigenvalue weighted by atomic mass is 9.95. The quantitative estimate of drug-likeness (QED) is 0.808. The zero-order valence-corrected chi connectivity index (χ0v) is 11.3. The summed E-state index contributed by atoms with van der Waals surface area (Å²) in [6.07, 6.45) is 2.76. The molecule has 0 spiro atoms. The smallest absolute Gasteiger partial charge is 0.103 e. The summed E-state index contributed by atoms with van der Waals surface area (Å²) in [5.41, 5.74) is 1.68. The fourth-order valence-corrected chi connectivity index (χ4v) is 2.59. The molecule has 1 aromatic carbocycles. The molecule has 3 nitrogen and oxygen atoms in total. The molecule has 0 saturated carbocycles. The second-order valence-corrected chi connectivity index (χ2v) is 5.25. The van der Waals surface area contributed by atoms with Crippen LogP contribution >= 0.6 is 0 Å². The molecule has 0 bridgehead atoms. The molecule has 0 radical (unpaired) electrons. The average Bonchev–Trinajstić information content (AvgIpc) is 2.73. The van der Waals surface area contributed by atoms with E-state index < -0.39 is 5.60 Å². The van der Waals surface area contributed by atoms with Crippen molar-refractivity contribution in [2.24, 2.45) is 0 Å². The van der Waals surface area contributed by atoms with Crippen LogP contribution in [0.3, 0.4) is 0 Å². The molecule has 2 atom stereocenters. The van der Waals surface area contributed by atoms with E-state index in [2.05, 4.69) is 18.3 Å². The third-order valence-corrected chi connectivity index (χ3v) is 3.82. The maximum Gasteiger partial charge on any atom is 0.103 e. The summed E-state index contributed by atoms with van der Waals surface area (Å²) < 4.78 is 5.06. The topological polar surface area (TPSA) is 41.5 Å². The largest absolute Gasteiger partial charge is 0.385 e. The standard InChI is InChI=1S/C15H23NO2/c1-12(8-10-18-2)16-11-15(17)9-7-13-5-3-4-6-14(13)15/h3-6,12,16-17H,7-11H2,1-2H3. The van der Waals surface area contributed by atoms with Gasteiger partial charge in [0.2, 0.25) is 0 Å². The molecule has 3 heteroatoms. The molecule has 0 heterocycles. The zero-order chi connectivity index (χ0) is 13.0. The van der Waals surface area contributed by atoms with Crippen LogP contribution in [0, 0.1) is 0 Å². The third kappa shape index (κ3) is 2.91. The molecule has 0 fully saturated rings. The third-order valence-electron chi connectivity index (χ3n) is 3.82. The van der Waals surface area contributed by atoms with Crippen molar-refractivity contribution in [3.05, 3.63) is 35.4 Å². The van der Waals surface area contributed by atoms with Crippen LogP contribution in [0.1, 0.15) is 30.9 Å². The molecule has 100 valence electrons. The number of benzene rings is 1. The number of fused-ring (bicyclic) bond motifs is 1. The molecule has 18 heavy (non-hydrogen) atoms. The molecular formula is C15H23NO2. The number of methoxy groups -OCH3 is 1. The van der Waals surface area contributed by atoms with Gasteiger partial charge in [-0.3, -0.25) is 0 Å². The van der Waals surface area contributed by atoms with E-state index in [-0.39, 0.29) is 0 Å². The SMILES string of the molecule is COCCC(C)NCC1(O)CCc2ccccc21. The van der Waals surface area contributed by atoms with Crippen LogP contribution in [0.4, 0.5) is 0 Å². The Kier molecular flexibility index (Phi) is 4.38. The van der Waals surface area contributed by atoms with Gasteiger partial charge in [0.1, 0.15) is 5.60 Å². The Balaban J connectivity index is 1.93. The van der Waals surface area contributed by atoms with E-state index in [0.717, 1.165) is 31.4 Å². The molecule has 2 N–H and O–H groups in total. The first-order valence-corrected chi connectivity index (χ1v) is 6.69. The minimum atomic E-state index is -0.697. The zero-order valence-electron chi connectivity index (χ0n) is 11.3. The van der Waals surface area contributed by atoms with Crippen molar-refractivity contribution in [1.29, 1.82) is 0 Å². The van der Waals surface area contributed by atoms with Crippen LogP contribution in [-0.2, 0) is 16.8 Å². The van der Waals surface area contributed by atoms with Crippen molar-refractivity contribution in [3.63, 3.8) is 0 Å². The Bertz CT molecular complexity index is 394. The maximum absolute atomic E-state index is 10.7. The average molecular weight is 249 g/mol. The van der Waals surface area contributed by atoms with Gasteiger partial charge in [0.15, 0.2) is 0 Å². The predicted molar refractivity (Wildman–Crippen MR) is 72.6 cm³/mol. The van der Waals surface area contributed by atoms with Crippen LogP contribution in [0.5, 0.6) is 0 Å². The minimum absolute atomic E-state index is 0.363. The second-order valence-electron chi connectivity index (χ2n) is 5.25. The van der Waals surface area contributed by atoms with Crippen LogP contribution < -0.4 is 5.32 Å². The molecule has 2 unspecified atom stereocenters. The van der Waals surface area contributed by atoms with E-state index in [1.54, 1.807) is 7.11 Å². The number of nitrogens with one attached hydrogen (secondary N) is 1. The molecule has 1 aliphatic rings. The van der Waals surface area contributed by atoms with Gasteiger partial charge in [-0.15, -0.1) is 0 Å². The van der Waals surface area contributed by atoms with Gasteiger partial charge in [0, 0.05) is 26.3 Å². The molecule has 0 aromatic heterocycles. The van der Waals surface area contributed by atoms with Crippen molar-refractivity contribution >= 4 is 0 Å². The second kappa shape index (κ2) is 5.83. The summed E-state index contributed by atoms with van der Waals surface area (Å²) in [6.45, 7) is 3.50. The summed E-state index contributed by atoms with van der Waals surface area (Å²) in [4.78, 5) is 0. The highest BCUT2D eigenvalue weighted by Gasteiger charge is 2.36. The van der Waals surface area contributed by atoms with E-state index in [1.165, 1.54) is 5.56 Å². The maximum atomic E-state index is 10.7. The fourth-order valence-electron chi connectivity index (χ4n) is 2.59. The summed E-state index contributed by atoms with van der Waals surface area (Å²) in [7, 11) is 1.72. The molecular weight excluding hydrogens is 226 g/mol. The van der Waals surface area contributed by atoms with Gasteiger partial charge in [0.25, 0.3) is 0 Å². The Morgan fingerprint density at radius 2 is 2.22 bits per heavy atom. The first-order valence-electron chi connectivity index (χ1n) is 6.69. The predicted octanol–water partition coefficient (Wildman–Crippen LogP) is 1.83. The lowest BCUT2D eigenvalue weighted by Crippen LogP contribution is -2.40. The van der Waals surface area contributed by atoms with E-state index in [4.69, 9.17) is 4.74 Å². The number of aliphatic hydroxyl groups is 1. The van der Waals surface area contributed by atoms with Gasteiger partial charge >= 0.3 is 0 Å². The van der Waals surface area contributed by atoms with E-state index in [0.29, 0.717) is 12.6 Å². The highest BCUT2D eigenvalue weighted by molar-refractivity contribution is 5.37. The van der Waals surface area contributed by atoms with Gasteiger partial charge < -0.3 is 15.2 Å². The van der Waals surface area contributed by atoms with Gasteiger partial charge in [0.05, 0.1) is 0 Å². The minimum Gasteiger partial charge on any atom is -0.385 e. The summed E-state index contributed by atoms with van der Waals surface area (Å²) in [5.74, 6) is 0. The van der Waals surface area contributed by atoms with Gasteiger partial charge in [-0.25, -0.2) is 0 Å². The number of ether oxygens (including phenoxy) is 1. The molecule has 1 aromatic rings. The van der Waals surface area contributed by atoms with Crippen molar-refractivity contribution in [2.75, 3.05) is 20.3 Å². The van der Waals surface area contributed by atoms with Crippen LogP contribution in [0.25, 0.3) is 0 Å². The van der Waals surface area contributed by atoms with Crippen LogP contribution in [-0.4, -0.2) is 31.4 Å². The van der Waals surface area contributed by atoms with E-state index in [9.17, 15) is 5.11 Å². The number of rotatable bonds is 6. The summed E-state index contributed by atoms with van der Waals surface area (Å²) in [5, 5.41) is 14.1. The van der Waals surface area contributed by atoms with E-state index >= 15 is 0 Å². The molecule has 0 saturated heterocycles. The Labute approximate surface area is 109 Å². The van der Waals surface area contributed by atoms with Crippen molar-refractivity contribution < 1.29 is 9.84 Å². The van der Waals surface area contributed by atoms with E-state index in [1.807, 2.05) is 18.2 Å². The van der Waals surface area contributed by atoms with Crippen LogP contribution in [0.15, 0.2) is 24.3 Å². The molecule has 0 aliphatic heterocycles. The number of hydrogen-bond acceptors (Lipinski definition) is 3. The normalized spacial score (nSPS) is 23.9. The van der Waals surface area contributed by atoms with Crippen molar-refractivity contribution in [1.82, 2.24) is 5.32 Å². The first-order chi connectivity index (χ1) is 8.65. The van der Waals surface area contributed by atoms with Gasteiger partial charge in [-0.1, -0.05) is 24.3 Å². The monoisotopic (exact) mass is 249 g/mol. The van der Waals surface area contributed by atoms with Crippen molar-refractivity contribution in [2.45, 2.75) is 37.8 Å². The highest BCUT2D eigenvalue weighted by atomic mass is 16.5. The molecule has 2 rings (SSSR count). The van der Waals surface area contributed by atoms with Crippen molar-refractivity contribution in [3.8, 4) is 0 Å². The van der Waals surface area contributed by atoms with Gasteiger partial charge in [-0.2, -0.15) is 0 Å². The van der Waals surface area contributed by atoms with Gasteiger partial charge in [-0.05, 0) is 37.3 Å². The number of aryl methyl sites for hydroxylation is 1. The Hall–Kier alpha value is -0.900. The Morgan fingerprint density at radius 1 is 1.44 bits per heavy atom. The summed E-state index contributed by atoms with van der Waals surface area (Å²) in [6, 6.07) is 8.57. The number of hydrogen-bond donors (Lipinski definition) is 2. The Morgan fingerprint density at radius 3 is 3.00 bits per heavy atom. The highest BCUT2D eigenvalue weighted by Crippen LogP contribution is 2.36. The first kappa shape index (κ1) is 13.5. The lowest BCUT2D eigenvalue weighted by molar-refractivity contribution is 0.0352. The summed E-state index contributed by atoms with van der Waals surface area (Å²) >= 11 is 0.